The highest BCUT2D eigenvalue weighted by Crippen LogP contribution is 2.20. The summed E-state index contributed by atoms with van der Waals surface area (Å²) in [6.07, 6.45) is 1.01. The van der Waals surface area contributed by atoms with E-state index < -0.39 is 15.7 Å². The zero-order valence-corrected chi connectivity index (χ0v) is 9.73. The van der Waals surface area contributed by atoms with Crippen LogP contribution in [0.3, 0.4) is 0 Å². The molecule has 14 heavy (non-hydrogen) atoms. The topological polar surface area (TPSA) is 43.4 Å². The molecule has 3 nitrogen and oxygen atoms in total. The van der Waals surface area contributed by atoms with Crippen LogP contribution in [-0.2, 0) is 9.84 Å². The molecule has 0 spiro atoms. The SMILES string of the molecule is CS(=O)(=O)c1cc(F)cc(OCBr)c1. The predicted octanol–water partition coefficient (Wildman–Crippen LogP) is 1.96. The largest absolute Gasteiger partial charge is 0.482 e. The van der Waals surface area contributed by atoms with Gasteiger partial charge in [0, 0.05) is 12.3 Å². The van der Waals surface area contributed by atoms with Crippen LogP contribution in [0.25, 0.3) is 0 Å². The minimum absolute atomic E-state index is 0.0894. The molecular weight excluding hydrogens is 275 g/mol. The highest BCUT2D eigenvalue weighted by molar-refractivity contribution is 9.09. The molecule has 0 amide bonds. The molecule has 0 N–H and O–H groups in total. The van der Waals surface area contributed by atoms with Crippen LogP contribution < -0.4 is 4.74 Å². The molecule has 6 heteroatoms. The number of ether oxygens (including phenoxy) is 1. The number of hydrogen-bond donors (Lipinski definition) is 0. The second-order valence-corrected chi connectivity index (χ2v) is 5.12. The molecule has 0 aliphatic heterocycles. The third-order valence-electron chi connectivity index (χ3n) is 1.49. The van der Waals surface area contributed by atoms with Crippen LogP contribution in [0.15, 0.2) is 23.1 Å². The molecule has 0 fully saturated rings. The Bertz CT molecular complexity index is 430. The first kappa shape index (κ1) is 11.5. The number of alkyl halides is 1. The maximum atomic E-state index is 12.9. The molecule has 1 rings (SSSR count). The molecule has 0 saturated heterocycles. The van der Waals surface area contributed by atoms with Gasteiger partial charge in [-0.15, -0.1) is 0 Å². The third-order valence-corrected chi connectivity index (χ3v) is 2.82. The van der Waals surface area contributed by atoms with E-state index in [1.165, 1.54) is 6.07 Å². The van der Waals surface area contributed by atoms with Gasteiger partial charge in [0.15, 0.2) is 9.84 Å². The molecule has 0 bridgehead atoms. The van der Waals surface area contributed by atoms with Gasteiger partial charge in [-0.3, -0.25) is 0 Å². The van der Waals surface area contributed by atoms with E-state index in [1.807, 2.05) is 0 Å². The van der Waals surface area contributed by atoms with Gasteiger partial charge < -0.3 is 4.74 Å². The van der Waals surface area contributed by atoms with Gasteiger partial charge in [0.2, 0.25) is 0 Å². The van der Waals surface area contributed by atoms with Crippen LogP contribution in [0.4, 0.5) is 4.39 Å². The van der Waals surface area contributed by atoms with Crippen molar-refractivity contribution in [3.05, 3.63) is 24.0 Å². The van der Waals surface area contributed by atoms with E-state index in [4.69, 9.17) is 4.74 Å². The van der Waals surface area contributed by atoms with Gasteiger partial charge in [-0.1, -0.05) is 0 Å². The summed E-state index contributed by atoms with van der Waals surface area (Å²) in [5, 5.41) is 0. The minimum Gasteiger partial charge on any atom is -0.482 e. The maximum Gasteiger partial charge on any atom is 0.175 e. The molecule has 0 aromatic heterocycles. The smallest absolute Gasteiger partial charge is 0.175 e. The fourth-order valence-electron chi connectivity index (χ4n) is 0.897. The normalized spacial score (nSPS) is 11.4. The lowest BCUT2D eigenvalue weighted by molar-refractivity contribution is 0.393. The number of halogens is 2. The lowest BCUT2D eigenvalue weighted by Gasteiger charge is -2.04. The molecule has 1 aromatic carbocycles. The minimum atomic E-state index is -3.40. The van der Waals surface area contributed by atoms with E-state index >= 15 is 0 Å². The molecular formula is C8H8BrFO3S. The Balaban J connectivity index is 3.21. The van der Waals surface area contributed by atoms with E-state index in [-0.39, 0.29) is 16.2 Å². The number of benzene rings is 1. The van der Waals surface area contributed by atoms with Crippen LogP contribution in [0.5, 0.6) is 5.75 Å². The van der Waals surface area contributed by atoms with Gasteiger partial charge in [0.25, 0.3) is 0 Å². The summed E-state index contributed by atoms with van der Waals surface area (Å²) in [5.41, 5.74) is 0.180. The van der Waals surface area contributed by atoms with Gasteiger partial charge in [-0.05, 0) is 28.1 Å². The van der Waals surface area contributed by atoms with Crippen LogP contribution >= 0.6 is 15.9 Å². The number of rotatable bonds is 3. The Kier molecular flexibility index (Phi) is 3.49. The molecule has 0 atom stereocenters. The third kappa shape index (κ3) is 2.95. The van der Waals surface area contributed by atoms with Gasteiger partial charge >= 0.3 is 0 Å². The lowest BCUT2D eigenvalue weighted by Crippen LogP contribution is -1.99. The first-order chi connectivity index (χ1) is 6.43. The average molecular weight is 283 g/mol. The zero-order chi connectivity index (χ0) is 10.8. The van der Waals surface area contributed by atoms with E-state index in [0.717, 1.165) is 18.4 Å². The molecule has 1 aromatic rings. The summed E-state index contributed by atoms with van der Waals surface area (Å²) in [4.78, 5) is -0.0894. The van der Waals surface area contributed by atoms with E-state index in [0.29, 0.717) is 0 Å². The lowest BCUT2D eigenvalue weighted by atomic mass is 10.3. The summed E-state index contributed by atoms with van der Waals surface area (Å²) in [5.74, 6) is -0.453. The Morgan fingerprint density at radius 2 is 2.07 bits per heavy atom. The van der Waals surface area contributed by atoms with Gasteiger partial charge in [-0.2, -0.15) is 0 Å². The van der Waals surface area contributed by atoms with Crippen molar-refractivity contribution in [2.45, 2.75) is 4.90 Å². The van der Waals surface area contributed by atoms with Gasteiger partial charge in [0.05, 0.1) is 4.90 Å². The zero-order valence-electron chi connectivity index (χ0n) is 7.33. The molecule has 78 valence electrons. The molecule has 0 unspecified atom stereocenters. The van der Waals surface area contributed by atoms with Crippen molar-refractivity contribution in [3.63, 3.8) is 0 Å². The summed E-state index contributed by atoms with van der Waals surface area (Å²) in [6, 6.07) is 3.35. The van der Waals surface area contributed by atoms with Crippen LogP contribution in [-0.4, -0.2) is 20.2 Å². The van der Waals surface area contributed by atoms with E-state index in [9.17, 15) is 12.8 Å². The first-order valence-corrected chi connectivity index (χ1v) is 6.64. The second-order valence-electron chi connectivity index (χ2n) is 2.65. The number of hydrogen-bond acceptors (Lipinski definition) is 3. The van der Waals surface area contributed by atoms with Crippen molar-refractivity contribution in [1.82, 2.24) is 0 Å². The highest BCUT2D eigenvalue weighted by Gasteiger charge is 2.10. The monoisotopic (exact) mass is 282 g/mol. The van der Waals surface area contributed by atoms with Crippen molar-refractivity contribution in [2.75, 3.05) is 11.8 Å². The highest BCUT2D eigenvalue weighted by atomic mass is 79.9. The Morgan fingerprint density at radius 1 is 1.43 bits per heavy atom. The van der Waals surface area contributed by atoms with Crippen molar-refractivity contribution >= 4 is 25.8 Å². The molecule has 0 aliphatic rings. The fraction of sp³-hybridized carbons (Fsp3) is 0.250. The second kappa shape index (κ2) is 4.27. The van der Waals surface area contributed by atoms with Crippen molar-refractivity contribution in [2.24, 2.45) is 0 Å². The van der Waals surface area contributed by atoms with E-state index in [2.05, 4.69) is 15.9 Å². The Morgan fingerprint density at radius 3 is 2.57 bits per heavy atom. The van der Waals surface area contributed by atoms with Crippen LogP contribution in [0.1, 0.15) is 0 Å². The first-order valence-electron chi connectivity index (χ1n) is 3.63. The molecule has 0 heterocycles. The molecule has 0 radical (unpaired) electrons. The van der Waals surface area contributed by atoms with Crippen LogP contribution in [0, 0.1) is 5.82 Å². The van der Waals surface area contributed by atoms with E-state index in [1.54, 1.807) is 0 Å². The van der Waals surface area contributed by atoms with Crippen molar-refractivity contribution in [3.8, 4) is 5.75 Å². The molecule has 0 aliphatic carbocycles. The summed E-state index contributed by atoms with van der Waals surface area (Å²) >= 11 is 2.99. The quantitative estimate of drug-likeness (QED) is 0.796. The summed E-state index contributed by atoms with van der Waals surface area (Å²) < 4.78 is 40.1. The number of sulfone groups is 1. The van der Waals surface area contributed by atoms with Gasteiger partial charge in [-0.25, -0.2) is 12.8 Å². The fourth-order valence-corrected chi connectivity index (χ4v) is 1.82. The van der Waals surface area contributed by atoms with Gasteiger partial charge in [0.1, 0.15) is 17.1 Å². The molecule has 0 saturated carbocycles. The Labute approximate surface area is 89.9 Å². The average Bonchev–Trinajstić information content (AvgIpc) is 2.02. The Hall–Kier alpha value is -0.620. The predicted molar refractivity (Wildman–Crippen MR) is 53.9 cm³/mol. The maximum absolute atomic E-state index is 12.9. The standard InChI is InChI=1S/C8H8BrFO3S/c1-14(11,12)8-3-6(10)2-7(4-8)13-5-9/h2-4H,5H2,1H3. The van der Waals surface area contributed by atoms with Crippen molar-refractivity contribution < 1.29 is 17.5 Å². The summed E-state index contributed by atoms with van der Waals surface area (Å²) in [6.45, 7) is 0. The summed E-state index contributed by atoms with van der Waals surface area (Å²) in [7, 11) is -3.40. The van der Waals surface area contributed by atoms with Crippen LogP contribution in [0.2, 0.25) is 0 Å². The van der Waals surface area contributed by atoms with Crippen molar-refractivity contribution in [1.29, 1.82) is 0 Å².